The number of nitrogens with zero attached hydrogens (tertiary/aromatic N) is 1. The van der Waals surface area contributed by atoms with Crippen molar-refractivity contribution >= 4 is 29.1 Å². The summed E-state index contributed by atoms with van der Waals surface area (Å²) in [5.41, 5.74) is 7.01. The summed E-state index contributed by atoms with van der Waals surface area (Å²) in [5.74, 6) is 7.53. The van der Waals surface area contributed by atoms with Crippen molar-refractivity contribution in [2.75, 3.05) is 0 Å². The second-order valence-corrected chi connectivity index (χ2v) is 7.06. The number of isothiocyanates is 1. The summed E-state index contributed by atoms with van der Waals surface area (Å²) >= 11 is 4.67. The zero-order valence-electron chi connectivity index (χ0n) is 14.1. The van der Waals surface area contributed by atoms with Gasteiger partial charge in [-0.3, -0.25) is 0 Å². The van der Waals surface area contributed by atoms with Crippen LogP contribution in [0, 0.1) is 17.8 Å². The largest absolute Gasteiger partial charge is 0.195 e. The zero-order valence-corrected chi connectivity index (χ0v) is 14.9. The van der Waals surface area contributed by atoms with Gasteiger partial charge in [0.2, 0.25) is 0 Å². The normalized spacial score (nSPS) is 15.3. The van der Waals surface area contributed by atoms with Crippen molar-refractivity contribution in [2.24, 2.45) is 10.9 Å². The van der Waals surface area contributed by atoms with Crippen molar-refractivity contribution < 1.29 is 0 Å². The molecule has 4 rings (SSSR count). The fourth-order valence-corrected chi connectivity index (χ4v) is 3.54. The van der Waals surface area contributed by atoms with Gasteiger partial charge < -0.3 is 0 Å². The molecule has 0 bridgehead atoms. The molecular weight excluding hydrogens is 322 g/mol. The molecule has 0 atom stereocenters. The lowest BCUT2D eigenvalue weighted by molar-refractivity contribution is 0.314. The van der Waals surface area contributed by atoms with Crippen LogP contribution < -0.4 is 0 Å². The van der Waals surface area contributed by atoms with Crippen LogP contribution in [0.4, 0.5) is 5.69 Å². The van der Waals surface area contributed by atoms with Crippen LogP contribution in [0.15, 0.2) is 53.0 Å². The average molecular weight is 341 g/mol. The minimum atomic E-state index is 0.860. The van der Waals surface area contributed by atoms with Crippen molar-refractivity contribution in [1.29, 1.82) is 0 Å². The van der Waals surface area contributed by atoms with Gasteiger partial charge in [-0.25, -0.2) is 0 Å². The summed E-state index contributed by atoms with van der Waals surface area (Å²) in [6.45, 7) is 0. The molecule has 2 aromatic carbocycles. The fourth-order valence-electron chi connectivity index (χ4n) is 3.44. The van der Waals surface area contributed by atoms with Crippen LogP contribution in [0.2, 0.25) is 0 Å². The van der Waals surface area contributed by atoms with Crippen molar-refractivity contribution in [3.05, 3.63) is 70.3 Å². The van der Waals surface area contributed by atoms with Crippen molar-refractivity contribution in [3.63, 3.8) is 0 Å². The third kappa shape index (κ3) is 3.80. The molecule has 0 N–H and O–H groups in total. The van der Waals surface area contributed by atoms with E-state index in [-0.39, 0.29) is 0 Å². The monoisotopic (exact) mass is 341 g/mol. The van der Waals surface area contributed by atoms with Crippen LogP contribution in [0.5, 0.6) is 0 Å². The van der Waals surface area contributed by atoms with Crippen LogP contribution in [0.3, 0.4) is 0 Å². The zero-order chi connectivity index (χ0) is 17.1. The maximum atomic E-state index is 4.67. The first-order valence-electron chi connectivity index (χ1n) is 8.82. The molecule has 2 aliphatic rings. The minimum absolute atomic E-state index is 0.860. The van der Waals surface area contributed by atoms with Gasteiger partial charge in [-0.2, -0.15) is 4.99 Å². The Balaban J connectivity index is 1.44. The Morgan fingerprint density at radius 3 is 2.60 bits per heavy atom. The predicted octanol–water partition coefficient (Wildman–Crippen LogP) is 5.75. The highest BCUT2D eigenvalue weighted by molar-refractivity contribution is 7.78. The van der Waals surface area contributed by atoms with Crippen LogP contribution in [-0.2, 0) is 12.8 Å². The standard InChI is InChI=1S/C23H19NS/c25-16-24-23-11-10-21-13-20(14-22(21)15-23)9-6-17-4-7-19(8-5-17)12-18-2-1-3-18/h4-5,7-8,10-11,13,15,18H,1-3,12,14H2. The SMILES string of the molecule is S=C=Nc1ccc2c(c1)CC(C#Cc1ccc(CC3CCC3)cc1)=C2. The highest BCUT2D eigenvalue weighted by Crippen LogP contribution is 2.30. The summed E-state index contributed by atoms with van der Waals surface area (Å²) in [7, 11) is 0. The average Bonchev–Trinajstić information content (AvgIpc) is 3.00. The van der Waals surface area contributed by atoms with E-state index in [1.54, 1.807) is 0 Å². The number of hydrogen-bond donors (Lipinski definition) is 0. The van der Waals surface area contributed by atoms with Gasteiger partial charge in [-0.15, -0.1) is 0 Å². The first kappa shape index (κ1) is 16.0. The van der Waals surface area contributed by atoms with Crippen molar-refractivity contribution in [1.82, 2.24) is 0 Å². The number of hydrogen-bond acceptors (Lipinski definition) is 2. The van der Waals surface area contributed by atoms with Gasteiger partial charge in [-0.05, 0) is 71.6 Å². The molecule has 0 amide bonds. The topological polar surface area (TPSA) is 12.4 Å². The molecule has 0 unspecified atom stereocenters. The fraction of sp³-hybridized carbons (Fsp3) is 0.261. The van der Waals surface area contributed by atoms with E-state index in [1.165, 1.54) is 42.4 Å². The van der Waals surface area contributed by atoms with Crippen LogP contribution in [0.25, 0.3) is 6.08 Å². The lowest BCUT2D eigenvalue weighted by atomic mass is 9.81. The summed E-state index contributed by atoms with van der Waals surface area (Å²) in [6, 6.07) is 14.9. The minimum Gasteiger partial charge on any atom is -0.195 e. The van der Waals surface area contributed by atoms with Crippen LogP contribution in [0.1, 0.15) is 41.5 Å². The molecule has 2 heteroatoms. The molecule has 122 valence electrons. The van der Waals surface area contributed by atoms with E-state index in [2.05, 4.69) is 76.7 Å². The van der Waals surface area contributed by atoms with E-state index < -0.39 is 0 Å². The van der Waals surface area contributed by atoms with Gasteiger partial charge in [-0.1, -0.05) is 49.3 Å². The predicted molar refractivity (Wildman–Crippen MR) is 107 cm³/mol. The lowest BCUT2D eigenvalue weighted by Crippen LogP contribution is -2.13. The van der Waals surface area contributed by atoms with E-state index in [4.69, 9.17) is 0 Å². The van der Waals surface area contributed by atoms with Gasteiger partial charge in [0.25, 0.3) is 0 Å². The Kier molecular flexibility index (Phi) is 4.61. The molecule has 1 saturated carbocycles. The molecule has 25 heavy (non-hydrogen) atoms. The molecule has 0 aliphatic heterocycles. The van der Waals surface area contributed by atoms with Crippen LogP contribution >= 0.6 is 12.2 Å². The second kappa shape index (κ2) is 7.19. The van der Waals surface area contributed by atoms with Gasteiger partial charge in [0.05, 0.1) is 10.8 Å². The van der Waals surface area contributed by atoms with Gasteiger partial charge in [0.1, 0.15) is 0 Å². The van der Waals surface area contributed by atoms with E-state index >= 15 is 0 Å². The van der Waals surface area contributed by atoms with E-state index in [0.717, 1.165) is 29.2 Å². The van der Waals surface area contributed by atoms with Gasteiger partial charge >= 0.3 is 0 Å². The number of fused-ring (bicyclic) bond motifs is 1. The molecule has 2 aliphatic carbocycles. The van der Waals surface area contributed by atoms with Crippen LogP contribution in [-0.4, -0.2) is 5.16 Å². The molecule has 0 saturated heterocycles. The Morgan fingerprint density at radius 1 is 1.04 bits per heavy atom. The number of allylic oxidation sites excluding steroid dienone is 1. The summed E-state index contributed by atoms with van der Waals surface area (Å²) in [4.78, 5) is 4.05. The first-order chi connectivity index (χ1) is 12.3. The Morgan fingerprint density at radius 2 is 1.88 bits per heavy atom. The third-order valence-electron chi connectivity index (χ3n) is 5.08. The molecule has 2 aromatic rings. The number of aliphatic imine (C=N–C) groups is 1. The summed E-state index contributed by atoms with van der Waals surface area (Å²) < 4.78 is 0. The summed E-state index contributed by atoms with van der Waals surface area (Å²) in [6.07, 6.45) is 8.45. The Bertz CT molecular complexity index is 930. The van der Waals surface area contributed by atoms with Crippen molar-refractivity contribution in [2.45, 2.75) is 32.1 Å². The quantitative estimate of drug-likeness (QED) is 0.393. The van der Waals surface area contributed by atoms with E-state index in [0.29, 0.717) is 0 Å². The Hall–Kier alpha value is -2.46. The molecule has 0 heterocycles. The lowest BCUT2D eigenvalue weighted by Gasteiger charge is -2.25. The third-order valence-corrected chi connectivity index (χ3v) is 5.17. The molecular formula is C23H19NS. The van der Waals surface area contributed by atoms with Crippen molar-refractivity contribution in [3.8, 4) is 11.8 Å². The molecule has 0 radical (unpaired) electrons. The maximum absolute atomic E-state index is 4.67. The molecule has 1 fully saturated rings. The van der Waals surface area contributed by atoms with E-state index in [1.807, 2.05) is 6.07 Å². The maximum Gasteiger partial charge on any atom is 0.0742 e. The summed E-state index contributed by atoms with van der Waals surface area (Å²) in [5, 5.41) is 2.42. The first-order valence-corrected chi connectivity index (χ1v) is 9.23. The molecule has 0 spiro atoms. The molecule has 1 nitrogen and oxygen atoms in total. The van der Waals surface area contributed by atoms with Gasteiger partial charge in [0, 0.05) is 17.6 Å². The van der Waals surface area contributed by atoms with E-state index in [9.17, 15) is 0 Å². The highest BCUT2D eigenvalue weighted by Gasteiger charge is 2.17. The number of benzene rings is 2. The van der Waals surface area contributed by atoms with Gasteiger partial charge in [0.15, 0.2) is 0 Å². The smallest absolute Gasteiger partial charge is 0.0742 e. The number of rotatable bonds is 3. The molecule has 0 aromatic heterocycles. The second-order valence-electron chi connectivity index (χ2n) is 6.88. The Labute approximate surface area is 154 Å². The highest BCUT2D eigenvalue weighted by atomic mass is 32.1. The number of thiocarbonyl (C=S) groups is 1.